The first kappa shape index (κ1) is 15.2. The minimum atomic E-state index is -0.0410. The number of aromatic nitrogens is 2. The number of rotatable bonds is 7. The van der Waals surface area contributed by atoms with E-state index < -0.39 is 0 Å². The molecule has 1 aliphatic carbocycles. The van der Waals surface area contributed by atoms with Crippen LogP contribution in [0.1, 0.15) is 11.7 Å². The molecule has 1 aliphatic heterocycles. The highest BCUT2D eigenvalue weighted by molar-refractivity contribution is 5.23. The van der Waals surface area contributed by atoms with Crippen LogP contribution in [0.2, 0.25) is 0 Å². The van der Waals surface area contributed by atoms with Crippen molar-refractivity contribution in [2.24, 2.45) is 11.8 Å². The van der Waals surface area contributed by atoms with Crippen molar-refractivity contribution in [1.29, 1.82) is 0 Å². The summed E-state index contributed by atoms with van der Waals surface area (Å²) in [6, 6.07) is 8.43. The molecule has 4 rings (SSSR count). The molecule has 124 valence electrons. The molecule has 0 bridgehead atoms. The quantitative estimate of drug-likeness (QED) is 0.273. The third-order valence-electron chi connectivity index (χ3n) is 4.58. The molecule has 4 atom stereocenters. The summed E-state index contributed by atoms with van der Waals surface area (Å²) in [4.78, 5) is 8.14. The van der Waals surface area contributed by atoms with Gasteiger partial charge in [-0.25, -0.2) is 10.9 Å². The first-order chi connectivity index (χ1) is 11.9. The molecule has 2 aromatic heterocycles. The van der Waals surface area contributed by atoms with Crippen molar-refractivity contribution in [3.63, 3.8) is 0 Å². The van der Waals surface area contributed by atoms with Gasteiger partial charge < -0.3 is 5.32 Å². The highest BCUT2D eigenvalue weighted by Crippen LogP contribution is 2.40. The minimum absolute atomic E-state index is 0.0410. The molecule has 7 nitrogen and oxygen atoms in total. The summed E-state index contributed by atoms with van der Waals surface area (Å²) in [5.41, 5.74) is 14.5. The predicted molar refractivity (Wildman–Crippen MR) is 90.1 cm³/mol. The van der Waals surface area contributed by atoms with Gasteiger partial charge in [0.2, 0.25) is 0 Å². The van der Waals surface area contributed by atoms with E-state index in [-0.39, 0.29) is 6.17 Å². The Balaban J connectivity index is 1.38. The van der Waals surface area contributed by atoms with E-state index in [1.165, 1.54) is 0 Å². The number of quaternary nitrogens is 1. The lowest BCUT2D eigenvalue weighted by molar-refractivity contribution is -0.642. The Bertz CT molecular complexity index is 676. The van der Waals surface area contributed by atoms with Crippen LogP contribution in [0.4, 0.5) is 5.69 Å². The fourth-order valence-corrected chi connectivity index (χ4v) is 3.11. The molecule has 1 saturated carbocycles. The maximum Gasteiger partial charge on any atom is 0.151 e. The normalized spacial score (nSPS) is 25.6. The van der Waals surface area contributed by atoms with Gasteiger partial charge >= 0.3 is 0 Å². The smallest absolute Gasteiger partial charge is 0.151 e. The number of hydrogen-bond acceptors (Lipinski definition) is 6. The molecular formula is C17H22N7+. The van der Waals surface area contributed by atoms with Crippen molar-refractivity contribution in [1.82, 2.24) is 31.6 Å². The fourth-order valence-electron chi connectivity index (χ4n) is 3.11. The van der Waals surface area contributed by atoms with Crippen LogP contribution in [0.5, 0.6) is 0 Å². The molecule has 2 aliphatic rings. The lowest BCUT2D eigenvalue weighted by atomic mass is 10.2. The molecule has 4 unspecified atom stereocenters. The van der Waals surface area contributed by atoms with Crippen molar-refractivity contribution < 1.29 is 5.43 Å². The maximum atomic E-state index is 4.10. The van der Waals surface area contributed by atoms with E-state index in [1.54, 1.807) is 12.4 Å². The molecular weight excluding hydrogens is 302 g/mol. The van der Waals surface area contributed by atoms with Gasteiger partial charge in [0, 0.05) is 61.3 Å². The van der Waals surface area contributed by atoms with Gasteiger partial charge in [-0.05, 0) is 23.9 Å². The monoisotopic (exact) mass is 324 g/mol. The topological polar surface area (TPSA) is 90.5 Å². The Labute approximate surface area is 140 Å². The fraction of sp³-hybridized carbons (Fsp3) is 0.294. The van der Waals surface area contributed by atoms with Crippen molar-refractivity contribution in [3.05, 3.63) is 66.9 Å². The average molecular weight is 324 g/mol. The summed E-state index contributed by atoms with van der Waals surface area (Å²) in [5, 5.41) is 3.29. The lowest BCUT2D eigenvalue weighted by Crippen LogP contribution is -2.89. The summed E-state index contributed by atoms with van der Waals surface area (Å²) in [6.45, 7) is 1.04. The second-order valence-electron chi connectivity index (χ2n) is 6.13. The number of nitrogens with two attached hydrogens (primary N) is 1. The Morgan fingerprint density at radius 3 is 2.54 bits per heavy atom. The first-order valence-electron chi connectivity index (χ1n) is 8.22. The van der Waals surface area contributed by atoms with Gasteiger partial charge in [-0.2, -0.15) is 0 Å². The standard InChI is InChI=1S/C17H21N7/c1-6-18-7-2-12(1)17(23-21-13-3-8-19-9-4-13)24-22-16-14-5-10-20-11-15(14)16/h1-10,14-17,20,22-24H,11H2,(H,19,21)/p+1. The lowest BCUT2D eigenvalue weighted by Gasteiger charge is -2.19. The summed E-state index contributed by atoms with van der Waals surface area (Å²) in [7, 11) is 0. The second kappa shape index (κ2) is 7.06. The van der Waals surface area contributed by atoms with Crippen LogP contribution in [0.3, 0.4) is 0 Å². The summed E-state index contributed by atoms with van der Waals surface area (Å²) in [6.07, 6.45) is 11.4. The predicted octanol–water partition coefficient (Wildman–Crippen LogP) is -0.299. The van der Waals surface area contributed by atoms with E-state index >= 15 is 0 Å². The van der Waals surface area contributed by atoms with E-state index in [1.807, 2.05) is 42.1 Å². The van der Waals surface area contributed by atoms with E-state index in [9.17, 15) is 0 Å². The molecule has 24 heavy (non-hydrogen) atoms. The van der Waals surface area contributed by atoms with Crippen LogP contribution in [-0.2, 0) is 0 Å². The number of hydrogen-bond donors (Lipinski definition) is 5. The highest BCUT2D eigenvalue weighted by Gasteiger charge is 2.49. The molecule has 1 fully saturated rings. The summed E-state index contributed by atoms with van der Waals surface area (Å²) >= 11 is 0. The number of fused-ring (bicyclic) bond motifs is 1. The third kappa shape index (κ3) is 3.44. The van der Waals surface area contributed by atoms with Crippen molar-refractivity contribution in [2.75, 3.05) is 6.54 Å². The number of hydrazine groups is 1. The summed E-state index contributed by atoms with van der Waals surface area (Å²) in [5.74, 6) is 1.30. The van der Waals surface area contributed by atoms with Crippen LogP contribution in [0, 0.1) is 11.8 Å². The van der Waals surface area contributed by atoms with Crippen molar-refractivity contribution in [2.45, 2.75) is 12.2 Å². The molecule has 0 saturated heterocycles. The van der Waals surface area contributed by atoms with Crippen molar-refractivity contribution in [3.8, 4) is 0 Å². The zero-order valence-electron chi connectivity index (χ0n) is 13.3. The molecule has 2 aromatic rings. The average Bonchev–Trinajstić information content (AvgIpc) is 3.37. The van der Waals surface area contributed by atoms with Crippen LogP contribution in [-0.4, -0.2) is 22.6 Å². The van der Waals surface area contributed by atoms with Crippen LogP contribution >= 0.6 is 0 Å². The Kier molecular flexibility index (Phi) is 4.48. The minimum Gasteiger partial charge on any atom is -0.391 e. The molecule has 0 spiro atoms. The Morgan fingerprint density at radius 2 is 1.83 bits per heavy atom. The van der Waals surface area contributed by atoms with Gasteiger partial charge in [-0.3, -0.25) is 15.4 Å². The molecule has 7 heteroatoms. The van der Waals surface area contributed by atoms with Gasteiger partial charge in [-0.15, -0.1) is 5.43 Å². The van der Waals surface area contributed by atoms with Crippen LogP contribution < -0.4 is 27.0 Å². The van der Waals surface area contributed by atoms with E-state index in [2.05, 4.69) is 43.8 Å². The largest absolute Gasteiger partial charge is 0.391 e. The van der Waals surface area contributed by atoms with E-state index in [0.29, 0.717) is 17.9 Å². The maximum absolute atomic E-state index is 4.10. The molecule has 0 radical (unpaired) electrons. The van der Waals surface area contributed by atoms with Gasteiger partial charge in [0.15, 0.2) is 5.69 Å². The first-order valence-corrected chi connectivity index (χ1v) is 8.22. The van der Waals surface area contributed by atoms with Gasteiger partial charge in [-0.1, -0.05) is 6.08 Å². The Morgan fingerprint density at radius 1 is 1.08 bits per heavy atom. The third-order valence-corrected chi connectivity index (χ3v) is 4.58. The molecule has 6 N–H and O–H groups in total. The van der Waals surface area contributed by atoms with Crippen LogP contribution in [0.15, 0.2) is 61.3 Å². The van der Waals surface area contributed by atoms with Gasteiger partial charge in [0.25, 0.3) is 0 Å². The highest BCUT2D eigenvalue weighted by atomic mass is 15.5. The van der Waals surface area contributed by atoms with Crippen LogP contribution in [0.25, 0.3) is 0 Å². The summed E-state index contributed by atoms with van der Waals surface area (Å²) < 4.78 is 0. The number of nitrogens with one attached hydrogen (secondary N) is 4. The second-order valence-corrected chi connectivity index (χ2v) is 6.13. The molecule has 0 aromatic carbocycles. The molecule has 0 amide bonds. The number of pyridine rings is 2. The number of nitrogens with zero attached hydrogens (tertiary/aromatic N) is 2. The SMILES string of the molecule is C1=CC2C(CN1)C2NNC(N[NH2+]c1ccncc1)c1ccncc1. The van der Waals surface area contributed by atoms with Crippen molar-refractivity contribution >= 4 is 5.69 Å². The van der Waals surface area contributed by atoms with Gasteiger partial charge in [0.1, 0.15) is 6.17 Å². The van der Waals surface area contributed by atoms with E-state index in [4.69, 9.17) is 0 Å². The zero-order chi connectivity index (χ0) is 16.2. The Hall–Kier alpha value is -2.32. The van der Waals surface area contributed by atoms with Gasteiger partial charge in [0.05, 0.1) is 0 Å². The van der Waals surface area contributed by atoms with E-state index in [0.717, 1.165) is 17.8 Å². The zero-order valence-corrected chi connectivity index (χ0v) is 13.3. The molecule has 3 heterocycles.